The fourth-order valence-electron chi connectivity index (χ4n) is 2.51. The Morgan fingerprint density at radius 1 is 0.913 bits per heavy atom. The number of aryl methyl sites for hydroxylation is 1. The number of sulfonamides is 1. The number of benzene rings is 2. The predicted octanol–water partition coefficient (Wildman–Crippen LogP) is 3.75. The molecule has 0 radical (unpaired) electrons. The maximum atomic E-state index is 11.4. The van der Waals surface area contributed by atoms with Crippen LogP contribution < -0.4 is 5.14 Å². The van der Waals surface area contributed by atoms with Crippen LogP contribution in [0.1, 0.15) is 5.69 Å². The monoisotopic (exact) mass is 346 g/mol. The van der Waals surface area contributed by atoms with Gasteiger partial charge in [0.25, 0.3) is 0 Å². The molecular weight excluding hydrogens is 332 g/mol. The van der Waals surface area contributed by atoms with E-state index in [0.717, 1.165) is 22.6 Å². The van der Waals surface area contributed by atoms with Crippen LogP contribution in [0, 0.1) is 6.92 Å². The van der Waals surface area contributed by atoms with E-state index in [4.69, 9.17) is 16.7 Å². The lowest BCUT2D eigenvalue weighted by molar-refractivity contribution is 0.598. The van der Waals surface area contributed by atoms with Gasteiger partial charge in [0, 0.05) is 16.4 Å². The minimum Gasteiger partial charge on any atom is -0.314 e. The average Bonchev–Trinajstić information content (AvgIpc) is 2.89. The summed E-state index contributed by atoms with van der Waals surface area (Å²) in [4.78, 5) is 0.0964. The van der Waals surface area contributed by atoms with Gasteiger partial charge >= 0.3 is 0 Å². The molecule has 0 spiro atoms. The molecule has 3 aromatic rings. The Morgan fingerprint density at radius 3 is 2.09 bits per heavy atom. The Hall–Kier alpha value is -2.08. The third kappa shape index (κ3) is 3.17. The summed E-state index contributed by atoms with van der Waals surface area (Å²) in [5, 5.41) is 5.83. The van der Waals surface area contributed by atoms with E-state index in [0.29, 0.717) is 5.02 Å². The highest BCUT2D eigenvalue weighted by molar-refractivity contribution is 7.89. The number of primary sulfonamides is 1. The highest BCUT2D eigenvalue weighted by Gasteiger charge is 2.11. The third-order valence-corrected chi connectivity index (χ3v) is 4.82. The van der Waals surface area contributed by atoms with Crippen molar-refractivity contribution in [2.75, 3.05) is 0 Å². The maximum Gasteiger partial charge on any atom is 0.238 e. The van der Waals surface area contributed by atoms with Crippen LogP contribution in [0.25, 0.3) is 16.9 Å². The lowest BCUT2D eigenvalue weighted by atomic mass is 10.1. The summed E-state index contributed by atoms with van der Waals surface area (Å²) in [6.07, 6.45) is 0. The molecule has 4 nitrogen and oxygen atoms in total. The molecule has 23 heavy (non-hydrogen) atoms. The molecule has 0 fully saturated rings. The molecule has 2 N–H and O–H groups in total. The van der Waals surface area contributed by atoms with Crippen molar-refractivity contribution in [3.63, 3.8) is 0 Å². The summed E-state index contributed by atoms with van der Waals surface area (Å²) in [7, 11) is -3.69. The van der Waals surface area contributed by atoms with Crippen molar-refractivity contribution >= 4 is 21.6 Å². The average molecular weight is 347 g/mol. The van der Waals surface area contributed by atoms with Crippen LogP contribution in [-0.2, 0) is 10.0 Å². The zero-order valence-corrected chi connectivity index (χ0v) is 14.0. The first-order valence-electron chi connectivity index (χ1n) is 6.94. The zero-order valence-electron chi connectivity index (χ0n) is 12.4. The van der Waals surface area contributed by atoms with E-state index in [-0.39, 0.29) is 4.90 Å². The molecule has 2 aromatic carbocycles. The minimum atomic E-state index is -3.69. The summed E-state index contributed by atoms with van der Waals surface area (Å²) in [6, 6.07) is 18.1. The first kappa shape index (κ1) is 15.8. The number of hydrogen-bond donors (Lipinski definition) is 1. The Bertz CT molecular complexity index is 943. The number of nitrogens with zero attached hydrogens (tertiary/aromatic N) is 1. The summed E-state index contributed by atoms with van der Waals surface area (Å²) < 4.78 is 24.8. The van der Waals surface area contributed by atoms with E-state index in [1.807, 2.05) is 43.3 Å². The van der Waals surface area contributed by atoms with Crippen molar-refractivity contribution in [3.05, 3.63) is 71.4 Å². The third-order valence-electron chi connectivity index (χ3n) is 3.64. The molecule has 0 amide bonds. The van der Waals surface area contributed by atoms with Crippen LogP contribution in [0.4, 0.5) is 0 Å². The first-order valence-corrected chi connectivity index (χ1v) is 8.86. The molecule has 3 rings (SSSR count). The number of hydrogen-bond acceptors (Lipinski definition) is 2. The second-order valence-corrected chi connectivity index (χ2v) is 7.24. The standard InChI is InChI=1S/C17H15ClN2O2S/c1-12-2-11-17(13-3-5-14(18)6-4-13)20(12)15-7-9-16(10-8-15)23(19,21)22/h2-11H,1H3,(H2,19,21,22). The summed E-state index contributed by atoms with van der Waals surface area (Å²) in [5.74, 6) is 0. The summed E-state index contributed by atoms with van der Waals surface area (Å²) >= 11 is 5.95. The summed E-state index contributed by atoms with van der Waals surface area (Å²) in [5.41, 5.74) is 3.93. The maximum absolute atomic E-state index is 11.4. The Kier molecular flexibility index (Phi) is 4.02. The van der Waals surface area contributed by atoms with Crippen molar-refractivity contribution in [2.45, 2.75) is 11.8 Å². The molecule has 0 bridgehead atoms. The number of rotatable bonds is 3. The highest BCUT2D eigenvalue weighted by Crippen LogP contribution is 2.27. The normalized spacial score (nSPS) is 11.6. The Labute approximate surface area is 140 Å². The smallest absolute Gasteiger partial charge is 0.238 e. The highest BCUT2D eigenvalue weighted by atomic mass is 35.5. The summed E-state index contributed by atoms with van der Waals surface area (Å²) in [6.45, 7) is 1.99. The molecule has 1 heterocycles. The molecule has 0 aliphatic rings. The van der Waals surface area contributed by atoms with Crippen molar-refractivity contribution in [3.8, 4) is 16.9 Å². The lowest BCUT2D eigenvalue weighted by Gasteiger charge is -2.12. The number of nitrogens with two attached hydrogens (primary N) is 1. The number of halogens is 1. The second-order valence-electron chi connectivity index (χ2n) is 5.24. The van der Waals surface area contributed by atoms with Gasteiger partial charge in [-0.05, 0) is 61.0 Å². The molecule has 0 unspecified atom stereocenters. The number of aromatic nitrogens is 1. The zero-order chi connectivity index (χ0) is 16.6. The Morgan fingerprint density at radius 2 is 1.52 bits per heavy atom. The van der Waals surface area contributed by atoms with E-state index in [9.17, 15) is 8.42 Å². The van der Waals surface area contributed by atoms with Gasteiger partial charge in [0.1, 0.15) is 0 Å². The fourth-order valence-corrected chi connectivity index (χ4v) is 3.15. The second kappa shape index (κ2) is 5.85. The molecule has 0 saturated carbocycles. The first-order chi connectivity index (χ1) is 10.9. The Balaban J connectivity index is 2.10. The van der Waals surface area contributed by atoms with Gasteiger partial charge in [-0.25, -0.2) is 13.6 Å². The van der Waals surface area contributed by atoms with Crippen LogP contribution in [-0.4, -0.2) is 13.0 Å². The van der Waals surface area contributed by atoms with E-state index in [2.05, 4.69) is 4.57 Å². The van der Waals surface area contributed by atoms with Crippen molar-refractivity contribution < 1.29 is 8.42 Å². The van der Waals surface area contributed by atoms with Gasteiger partial charge in [0.05, 0.1) is 10.6 Å². The largest absolute Gasteiger partial charge is 0.314 e. The van der Waals surface area contributed by atoms with Gasteiger partial charge in [0.15, 0.2) is 0 Å². The van der Waals surface area contributed by atoms with Crippen molar-refractivity contribution in [2.24, 2.45) is 5.14 Å². The van der Waals surface area contributed by atoms with E-state index in [1.165, 1.54) is 12.1 Å². The molecule has 0 atom stereocenters. The molecular formula is C17H15ClN2O2S. The van der Waals surface area contributed by atoms with Gasteiger partial charge in [-0.1, -0.05) is 23.7 Å². The van der Waals surface area contributed by atoms with Gasteiger partial charge in [-0.2, -0.15) is 0 Å². The molecule has 6 heteroatoms. The van der Waals surface area contributed by atoms with Gasteiger partial charge in [-0.3, -0.25) is 0 Å². The van der Waals surface area contributed by atoms with Crippen LogP contribution in [0.5, 0.6) is 0 Å². The molecule has 0 aliphatic heterocycles. The van der Waals surface area contributed by atoms with Gasteiger partial charge in [0.2, 0.25) is 10.0 Å². The van der Waals surface area contributed by atoms with E-state index in [1.54, 1.807) is 12.1 Å². The van der Waals surface area contributed by atoms with Crippen LogP contribution in [0.2, 0.25) is 5.02 Å². The lowest BCUT2D eigenvalue weighted by Crippen LogP contribution is -2.12. The topological polar surface area (TPSA) is 65.1 Å². The van der Waals surface area contributed by atoms with Gasteiger partial charge in [-0.15, -0.1) is 0 Å². The predicted molar refractivity (Wildman–Crippen MR) is 92.3 cm³/mol. The van der Waals surface area contributed by atoms with Crippen LogP contribution in [0.15, 0.2) is 65.6 Å². The van der Waals surface area contributed by atoms with Gasteiger partial charge < -0.3 is 4.57 Å². The van der Waals surface area contributed by atoms with E-state index >= 15 is 0 Å². The minimum absolute atomic E-state index is 0.0964. The van der Waals surface area contributed by atoms with Crippen LogP contribution in [0.3, 0.4) is 0 Å². The molecule has 118 valence electrons. The fraction of sp³-hybridized carbons (Fsp3) is 0.0588. The SMILES string of the molecule is Cc1ccc(-c2ccc(Cl)cc2)n1-c1ccc(S(N)(=O)=O)cc1. The molecule has 1 aromatic heterocycles. The quantitative estimate of drug-likeness (QED) is 0.784. The van der Waals surface area contributed by atoms with Crippen molar-refractivity contribution in [1.29, 1.82) is 0 Å². The van der Waals surface area contributed by atoms with Crippen molar-refractivity contribution in [1.82, 2.24) is 4.57 Å². The van der Waals surface area contributed by atoms with E-state index < -0.39 is 10.0 Å². The van der Waals surface area contributed by atoms with Crippen LogP contribution >= 0.6 is 11.6 Å². The molecule has 0 saturated heterocycles. The molecule has 0 aliphatic carbocycles.